The molecule has 0 atom stereocenters. The minimum Gasteiger partial charge on any atom is -0.493 e. The lowest BCUT2D eigenvalue weighted by Gasteiger charge is -2.10. The molecule has 0 unspecified atom stereocenters. The van der Waals surface area contributed by atoms with Gasteiger partial charge in [0.1, 0.15) is 0 Å². The van der Waals surface area contributed by atoms with E-state index in [0.717, 1.165) is 0 Å². The molecule has 1 heterocycles. The average Bonchev–Trinajstić information content (AvgIpc) is 3.14. The van der Waals surface area contributed by atoms with Crippen molar-refractivity contribution in [2.24, 2.45) is 4.99 Å². The summed E-state index contributed by atoms with van der Waals surface area (Å²) in [5, 5.41) is 1.03. The van der Waals surface area contributed by atoms with Crippen LogP contribution in [-0.2, 0) is 9.53 Å². The predicted molar refractivity (Wildman–Crippen MR) is 126 cm³/mol. The number of rotatable bonds is 5. The summed E-state index contributed by atoms with van der Waals surface area (Å²) < 4.78 is 16.0. The number of esters is 2. The van der Waals surface area contributed by atoms with Crippen molar-refractivity contribution in [2.75, 3.05) is 7.11 Å². The van der Waals surface area contributed by atoms with Crippen molar-refractivity contribution in [2.45, 2.75) is 0 Å². The van der Waals surface area contributed by atoms with Gasteiger partial charge in [-0.1, -0.05) is 53.0 Å². The van der Waals surface area contributed by atoms with Gasteiger partial charge in [-0.15, -0.1) is 0 Å². The van der Waals surface area contributed by atoms with E-state index in [1.165, 1.54) is 19.3 Å². The summed E-state index contributed by atoms with van der Waals surface area (Å²) in [5.41, 5.74) is 1.31. The van der Waals surface area contributed by atoms with Gasteiger partial charge in [-0.05, 0) is 54.1 Å². The van der Waals surface area contributed by atoms with Crippen LogP contribution in [0.5, 0.6) is 11.5 Å². The van der Waals surface area contributed by atoms with E-state index in [1.54, 1.807) is 54.6 Å². The molecule has 3 aromatic rings. The molecule has 1 aliphatic heterocycles. The molecule has 0 saturated heterocycles. The molecule has 0 fully saturated rings. The monoisotopic (exact) mass is 501 g/mol. The molecule has 0 spiro atoms. The molecule has 1 aliphatic rings. The highest BCUT2D eigenvalue weighted by atomic mass is 35.5. The fourth-order valence-electron chi connectivity index (χ4n) is 2.99. The Morgan fingerprint density at radius 2 is 1.76 bits per heavy atom. The standard InChI is InChI=1S/C24H14Cl3NO5/c1-31-21-11-13(6-9-20(21)32-23(29)16-4-2-3-5-17(16)26)10-19-24(30)33-22(28-19)15-8-7-14(25)12-18(15)27/h2-12H,1H3/b19-10-. The van der Waals surface area contributed by atoms with Crippen molar-refractivity contribution in [1.82, 2.24) is 0 Å². The van der Waals surface area contributed by atoms with Crippen LogP contribution in [0.15, 0.2) is 71.4 Å². The second kappa shape index (κ2) is 9.67. The highest BCUT2D eigenvalue weighted by Gasteiger charge is 2.26. The van der Waals surface area contributed by atoms with E-state index < -0.39 is 11.9 Å². The number of benzene rings is 3. The summed E-state index contributed by atoms with van der Waals surface area (Å²) in [4.78, 5) is 29.0. The van der Waals surface area contributed by atoms with E-state index >= 15 is 0 Å². The van der Waals surface area contributed by atoms with Gasteiger partial charge in [0.05, 0.1) is 28.3 Å². The van der Waals surface area contributed by atoms with Crippen LogP contribution in [0.1, 0.15) is 21.5 Å². The molecule has 33 heavy (non-hydrogen) atoms. The zero-order valence-electron chi connectivity index (χ0n) is 17.0. The number of aliphatic imine (C=N–C) groups is 1. The van der Waals surface area contributed by atoms with Crippen molar-refractivity contribution in [3.05, 3.63) is 98.1 Å². The number of carbonyl (C=O) groups excluding carboxylic acids is 2. The molecule has 0 aliphatic carbocycles. The summed E-state index contributed by atoms with van der Waals surface area (Å²) >= 11 is 18.1. The molecule has 6 nitrogen and oxygen atoms in total. The van der Waals surface area contributed by atoms with Crippen LogP contribution in [0.2, 0.25) is 15.1 Å². The normalized spacial score (nSPS) is 14.1. The number of nitrogens with zero attached hydrogens (tertiary/aromatic N) is 1. The second-order valence-corrected chi connectivity index (χ2v) is 7.99. The quantitative estimate of drug-likeness (QED) is 0.235. The molecule has 4 rings (SSSR count). The van der Waals surface area contributed by atoms with Gasteiger partial charge in [-0.2, -0.15) is 0 Å². The molecule has 0 radical (unpaired) electrons. The molecule has 0 saturated carbocycles. The molecule has 9 heteroatoms. The highest BCUT2D eigenvalue weighted by molar-refractivity contribution is 6.37. The van der Waals surface area contributed by atoms with E-state index in [4.69, 9.17) is 49.0 Å². The third-order valence-electron chi connectivity index (χ3n) is 4.57. The van der Waals surface area contributed by atoms with Gasteiger partial charge in [-0.25, -0.2) is 14.6 Å². The fraction of sp³-hybridized carbons (Fsp3) is 0.0417. The predicted octanol–water partition coefficient (Wildman–Crippen LogP) is 6.22. The Morgan fingerprint density at radius 3 is 2.48 bits per heavy atom. The van der Waals surface area contributed by atoms with Crippen LogP contribution in [0.3, 0.4) is 0 Å². The summed E-state index contributed by atoms with van der Waals surface area (Å²) in [6.07, 6.45) is 1.52. The number of methoxy groups -OCH3 is 1. The molecule has 0 bridgehead atoms. The molecule has 3 aromatic carbocycles. The van der Waals surface area contributed by atoms with Gasteiger partial charge in [0.25, 0.3) is 0 Å². The topological polar surface area (TPSA) is 74.2 Å². The van der Waals surface area contributed by atoms with E-state index in [1.807, 2.05) is 0 Å². The van der Waals surface area contributed by atoms with Gasteiger partial charge in [0, 0.05) is 5.02 Å². The van der Waals surface area contributed by atoms with Crippen LogP contribution in [-0.4, -0.2) is 24.9 Å². The maximum atomic E-state index is 12.5. The van der Waals surface area contributed by atoms with Crippen molar-refractivity contribution in [3.63, 3.8) is 0 Å². The first kappa shape index (κ1) is 22.9. The van der Waals surface area contributed by atoms with E-state index in [9.17, 15) is 9.59 Å². The molecule has 0 aromatic heterocycles. The number of carbonyl (C=O) groups is 2. The lowest BCUT2D eigenvalue weighted by atomic mass is 10.1. The number of cyclic esters (lactones) is 1. The minimum absolute atomic E-state index is 0.0684. The molecular weight excluding hydrogens is 489 g/mol. The van der Waals surface area contributed by atoms with Crippen LogP contribution in [0.4, 0.5) is 0 Å². The summed E-state index contributed by atoms with van der Waals surface area (Å²) in [6.45, 7) is 0. The number of hydrogen-bond donors (Lipinski definition) is 0. The highest BCUT2D eigenvalue weighted by Crippen LogP contribution is 2.31. The zero-order chi connectivity index (χ0) is 23.5. The first-order valence-electron chi connectivity index (χ1n) is 9.48. The van der Waals surface area contributed by atoms with Gasteiger partial charge in [-0.3, -0.25) is 0 Å². The first-order valence-corrected chi connectivity index (χ1v) is 10.6. The van der Waals surface area contributed by atoms with E-state index in [0.29, 0.717) is 21.2 Å². The second-order valence-electron chi connectivity index (χ2n) is 6.74. The molecular formula is C24H14Cl3NO5. The first-order chi connectivity index (χ1) is 15.9. The van der Waals surface area contributed by atoms with E-state index in [-0.39, 0.29) is 33.7 Å². The van der Waals surface area contributed by atoms with Gasteiger partial charge in [0.15, 0.2) is 17.2 Å². The SMILES string of the molecule is COc1cc(/C=C2\N=C(c3ccc(Cl)cc3Cl)OC2=O)ccc1OC(=O)c1ccccc1Cl. The third kappa shape index (κ3) is 5.03. The minimum atomic E-state index is -0.635. The lowest BCUT2D eigenvalue weighted by Crippen LogP contribution is -2.09. The summed E-state index contributed by atoms with van der Waals surface area (Å²) in [6, 6.07) is 16.1. The fourth-order valence-corrected chi connectivity index (χ4v) is 3.69. The summed E-state index contributed by atoms with van der Waals surface area (Å²) in [7, 11) is 1.43. The number of ether oxygens (including phenoxy) is 3. The van der Waals surface area contributed by atoms with Crippen LogP contribution in [0.25, 0.3) is 6.08 Å². The Morgan fingerprint density at radius 1 is 0.970 bits per heavy atom. The Bertz CT molecular complexity index is 1330. The third-order valence-corrected chi connectivity index (χ3v) is 5.45. The maximum absolute atomic E-state index is 12.5. The van der Waals surface area contributed by atoms with E-state index in [2.05, 4.69) is 4.99 Å². The Balaban J connectivity index is 1.60. The molecule has 0 amide bonds. The molecule has 166 valence electrons. The Kier molecular flexibility index (Phi) is 6.70. The van der Waals surface area contributed by atoms with Crippen molar-refractivity contribution in [1.29, 1.82) is 0 Å². The lowest BCUT2D eigenvalue weighted by molar-refractivity contribution is -0.129. The number of halogens is 3. The Hall–Kier alpha value is -3.32. The average molecular weight is 503 g/mol. The number of hydrogen-bond acceptors (Lipinski definition) is 6. The smallest absolute Gasteiger partial charge is 0.363 e. The maximum Gasteiger partial charge on any atom is 0.363 e. The van der Waals surface area contributed by atoms with Gasteiger partial charge < -0.3 is 14.2 Å². The van der Waals surface area contributed by atoms with Crippen LogP contribution in [0, 0.1) is 0 Å². The van der Waals surface area contributed by atoms with Crippen LogP contribution < -0.4 is 9.47 Å². The van der Waals surface area contributed by atoms with Crippen LogP contribution >= 0.6 is 34.8 Å². The zero-order valence-corrected chi connectivity index (χ0v) is 19.2. The van der Waals surface area contributed by atoms with Gasteiger partial charge >= 0.3 is 11.9 Å². The van der Waals surface area contributed by atoms with Gasteiger partial charge in [0.2, 0.25) is 5.90 Å². The van der Waals surface area contributed by atoms with Crippen molar-refractivity contribution in [3.8, 4) is 11.5 Å². The molecule has 0 N–H and O–H groups in total. The summed E-state index contributed by atoms with van der Waals surface area (Å²) in [5.74, 6) is -0.718. The van der Waals surface area contributed by atoms with Crippen molar-refractivity contribution >= 4 is 58.7 Å². The Labute approximate surface area is 204 Å². The largest absolute Gasteiger partial charge is 0.493 e. The van der Waals surface area contributed by atoms with Crippen molar-refractivity contribution < 1.29 is 23.8 Å².